The van der Waals surface area contributed by atoms with Crippen LogP contribution in [0.3, 0.4) is 0 Å². The molecule has 1 aliphatic rings. The predicted molar refractivity (Wildman–Crippen MR) is 97.7 cm³/mol. The summed E-state index contributed by atoms with van der Waals surface area (Å²) in [6, 6.07) is 14.1. The first kappa shape index (κ1) is 17.3. The summed E-state index contributed by atoms with van der Waals surface area (Å²) in [4.78, 5) is 12.0. The van der Waals surface area contributed by atoms with Gasteiger partial charge in [0.15, 0.2) is 0 Å². The van der Waals surface area contributed by atoms with Crippen molar-refractivity contribution in [1.29, 1.82) is 0 Å². The highest BCUT2D eigenvalue weighted by atomic mass is 32.2. The van der Waals surface area contributed by atoms with Gasteiger partial charge in [0.05, 0.1) is 16.0 Å². The molecule has 1 N–H and O–H groups in total. The normalized spacial score (nSPS) is 15.3. The molecule has 25 heavy (non-hydrogen) atoms. The number of rotatable bonds is 1. The predicted octanol–water partition coefficient (Wildman–Crippen LogP) is 2.90. The second kappa shape index (κ2) is 6.77. The highest BCUT2D eigenvalue weighted by Gasteiger charge is 2.36. The van der Waals surface area contributed by atoms with Crippen LogP contribution in [0.4, 0.5) is 5.69 Å². The van der Waals surface area contributed by atoms with Gasteiger partial charge in [-0.1, -0.05) is 28.8 Å². The van der Waals surface area contributed by atoms with Crippen molar-refractivity contribution >= 4 is 43.6 Å². The van der Waals surface area contributed by atoms with E-state index >= 15 is 0 Å². The Bertz CT molecular complexity index is 985. The quantitative estimate of drug-likeness (QED) is 0.705. The number of carbonyl (C=O) groups is 1. The van der Waals surface area contributed by atoms with Crippen LogP contribution in [0.2, 0.25) is 0 Å². The van der Waals surface area contributed by atoms with Crippen molar-refractivity contribution in [3.8, 4) is 0 Å². The standard InChI is InChI=1S/C10H12N2O3S.C6H4N2S/c1-7(2)12-10(13)8-5-3-4-6-9(8)11-16(12,14)15;1-2-4-6-5(3-1)7-8-9-6/h3-7,11H,1-2H3;1-4H. The van der Waals surface area contributed by atoms with Crippen molar-refractivity contribution in [2.24, 2.45) is 0 Å². The Hall–Kier alpha value is -2.52. The second-order valence-electron chi connectivity index (χ2n) is 5.59. The van der Waals surface area contributed by atoms with E-state index in [-0.39, 0.29) is 0 Å². The molecule has 0 fully saturated rings. The van der Waals surface area contributed by atoms with E-state index in [1.165, 1.54) is 11.5 Å². The zero-order valence-corrected chi connectivity index (χ0v) is 15.2. The Kier molecular flexibility index (Phi) is 4.69. The summed E-state index contributed by atoms with van der Waals surface area (Å²) < 4.78 is 31.8. The molecule has 3 aromatic rings. The van der Waals surface area contributed by atoms with Crippen molar-refractivity contribution in [3.63, 3.8) is 0 Å². The topological polar surface area (TPSA) is 92.3 Å². The number of nitrogens with zero attached hydrogens (tertiary/aromatic N) is 3. The van der Waals surface area contributed by atoms with Crippen LogP contribution in [-0.2, 0) is 10.2 Å². The molecule has 0 atom stereocenters. The summed E-state index contributed by atoms with van der Waals surface area (Å²) in [7, 11) is -3.75. The Labute approximate surface area is 149 Å². The lowest BCUT2D eigenvalue weighted by Gasteiger charge is -2.31. The number of hydrogen-bond acceptors (Lipinski definition) is 6. The Balaban J connectivity index is 0.000000170. The van der Waals surface area contributed by atoms with Crippen molar-refractivity contribution in [3.05, 3.63) is 54.1 Å². The van der Waals surface area contributed by atoms with Crippen LogP contribution in [-0.4, -0.2) is 34.3 Å². The zero-order valence-electron chi connectivity index (χ0n) is 13.6. The van der Waals surface area contributed by atoms with Crippen LogP contribution in [0.25, 0.3) is 10.2 Å². The summed E-state index contributed by atoms with van der Waals surface area (Å²) >= 11 is 1.43. The van der Waals surface area contributed by atoms with Crippen molar-refractivity contribution in [1.82, 2.24) is 13.9 Å². The number of nitrogens with one attached hydrogen (secondary N) is 1. The maximum absolute atomic E-state index is 12.0. The van der Waals surface area contributed by atoms with Crippen molar-refractivity contribution in [2.75, 3.05) is 4.72 Å². The molecule has 130 valence electrons. The fourth-order valence-corrected chi connectivity index (χ4v) is 4.40. The van der Waals surface area contributed by atoms with Gasteiger partial charge in [-0.3, -0.25) is 9.52 Å². The monoisotopic (exact) mass is 376 g/mol. The summed E-state index contributed by atoms with van der Waals surface area (Å²) in [5.41, 5.74) is 1.71. The fraction of sp³-hybridized carbons (Fsp3) is 0.188. The molecule has 7 nitrogen and oxygen atoms in total. The average molecular weight is 376 g/mol. The van der Waals surface area contributed by atoms with Crippen LogP contribution in [0.5, 0.6) is 0 Å². The molecule has 0 aliphatic carbocycles. The summed E-state index contributed by atoms with van der Waals surface area (Å²) in [6.07, 6.45) is 0. The SMILES string of the molecule is CC(C)N1C(=O)c2ccccc2NS1(=O)=O.c1ccc2snnc2c1. The van der Waals surface area contributed by atoms with Gasteiger partial charge in [-0.2, -0.15) is 8.42 Å². The van der Waals surface area contributed by atoms with Crippen LogP contribution < -0.4 is 4.72 Å². The molecular formula is C16H16N4O3S2. The third-order valence-electron chi connectivity index (χ3n) is 3.48. The Morgan fingerprint density at radius 2 is 1.76 bits per heavy atom. The smallest absolute Gasteiger partial charge is 0.268 e. The van der Waals surface area contributed by atoms with Crippen LogP contribution in [0.1, 0.15) is 24.2 Å². The lowest BCUT2D eigenvalue weighted by atomic mass is 10.1. The van der Waals surface area contributed by atoms with Gasteiger partial charge in [-0.15, -0.1) is 5.10 Å². The van der Waals surface area contributed by atoms with E-state index in [1.807, 2.05) is 24.3 Å². The first-order valence-electron chi connectivity index (χ1n) is 7.53. The summed E-state index contributed by atoms with van der Waals surface area (Å²) in [5.74, 6) is -0.482. The first-order chi connectivity index (χ1) is 11.9. The minimum atomic E-state index is -3.75. The maximum atomic E-state index is 12.0. The third-order valence-corrected chi connectivity index (χ3v) is 5.77. The second-order valence-corrected chi connectivity index (χ2v) is 7.92. The number of aromatic nitrogens is 2. The van der Waals surface area contributed by atoms with Crippen molar-refractivity contribution < 1.29 is 13.2 Å². The number of benzene rings is 2. The number of para-hydroxylation sites is 1. The number of carbonyl (C=O) groups excluding carboxylic acids is 1. The van der Waals surface area contributed by atoms with Gasteiger partial charge in [0.1, 0.15) is 5.52 Å². The molecule has 0 saturated carbocycles. The molecule has 1 amide bonds. The number of anilines is 1. The average Bonchev–Trinajstić information content (AvgIpc) is 3.03. The van der Waals surface area contributed by atoms with Gasteiger partial charge in [-0.05, 0) is 49.6 Å². The molecule has 1 aliphatic heterocycles. The van der Waals surface area contributed by atoms with E-state index in [4.69, 9.17) is 0 Å². The van der Waals surface area contributed by atoms with Gasteiger partial charge in [0.2, 0.25) is 0 Å². The molecule has 0 radical (unpaired) electrons. The van der Waals surface area contributed by atoms with Gasteiger partial charge in [0.25, 0.3) is 5.91 Å². The molecule has 0 unspecified atom stereocenters. The maximum Gasteiger partial charge on any atom is 0.326 e. The zero-order chi connectivity index (χ0) is 18.0. The Morgan fingerprint density at radius 1 is 1.08 bits per heavy atom. The molecule has 4 rings (SSSR count). The van der Waals surface area contributed by atoms with Crippen LogP contribution in [0, 0.1) is 0 Å². The van der Waals surface area contributed by atoms with E-state index in [0.29, 0.717) is 11.3 Å². The molecule has 2 heterocycles. The van der Waals surface area contributed by atoms with E-state index in [1.54, 1.807) is 38.1 Å². The van der Waals surface area contributed by atoms with Gasteiger partial charge in [-0.25, -0.2) is 4.31 Å². The van der Waals surface area contributed by atoms with Gasteiger partial charge < -0.3 is 0 Å². The minimum Gasteiger partial charge on any atom is -0.268 e. The first-order valence-corrected chi connectivity index (χ1v) is 9.74. The number of hydrogen-bond donors (Lipinski definition) is 1. The van der Waals surface area contributed by atoms with E-state index in [0.717, 1.165) is 14.5 Å². The highest BCUT2D eigenvalue weighted by molar-refractivity contribution is 7.91. The molecule has 0 spiro atoms. The van der Waals surface area contributed by atoms with Crippen LogP contribution >= 0.6 is 11.5 Å². The van der Waals surface area contributed by atoms with Gasteiger partial charge in [0, 0.05) is 6.04 Å². The van der Waals surface area contributed by atoms with E-state index in [9.17, 15) is 13.2 Å². The largest absolute Gasteiger partial charge is 0.326 e. The molecule has 0 saturated heterocycles. The lowest BCUT2D eigenvalue weighted by molar-refractivity contribution is 0.0834. The fourth-order valence-electron chi connectivity index (χ4n) is 2.41. The molecular weight excluding hydrogens is 360 g/mol. The van der Waals surface area contributed by atoms with Gasteiger partial charge >= 0.3 is 10.2 Å². The minimum absolute atomic E-state index is 0.337. The number of fused-ring (bicyclic) bond motifs is 2. The summed E-state index contributed by atoms with van der Waals surface area (Å²) in [6.45, 7) is 3.32. The number of amides is 1. The van der Waals surface area contributed by atoms with E-state index in [2.05, 4.69) is 14.3 Å². The molecule has 2 aromatic carbocycles. The van der Waals surface area contributed by atoms with Crippen LogP contribution in [0.15, 0.2) is 48.5 Å². The molecule has 9 heteroatoms. The molecule has 1 aromatic heterocycles. The Morgan fingerprint density at radius 3 is 2.48 bits per heavy atom. The molecule has 0 bridgehead atoms. The third kappa shape index (κ3) is 3.47. The van der Waals surface area contributed by atoms with E-state index < -0.39 is 22.2 Å². The lowest BCUT2D eigenvalue weighted by Crippen LogP contribution is -2.48. The highest BCUT2D eigenvalue weighted by Crippen LogP contribution is 2.27. The van der Waals surface area contributed by atoms with Crippen molar-refractivity contribution in [2.45, 2.75) is 19.9 Å². The summed E-state index contributed by atoms with van der Waals surface area (Å²) in [5, 5.41) is 3.89.